The summed E-state index contributed by atoms with van der Waals surface area (Å²) < 4.78 is 3.69. The number of benzene rings is 1. The number of carbonyl (C=O) groups excluding carboxylic acids is 1. The molecule has 1 aliphatic rings. The van der Waals surface area contributed by atoms with E-state index in [9.17, 15) is 4.79 Å². The summed E-state index contributed by atoms with van der Waals surface area (Å²) in [6.07, 6.45) is 0.883. The summed E-state index contributed by atoms with van der Waals surface area (Å²) >= 11 is 1.04. The van der Waals surface area contributed by atoms with Crippen LogP contribution in [0.2, 0.25) is 0 Å². The second-order valence-corrected chi connectivity index (χ2v) is 4.58. The topological polar surface area (TPSA) is 72.1 Å². The Morgan fingerprint density at radius 2 is 2.24 bits per heavy atom. The average molecular weight is 246 g/mol. The van der Waals surface area contributed by atoms with Gasteiger partial charge in [0.1, 0.15) is 0 Å². The Labute approximate surface area is 102 Å². The number of fused-ring (bicyclic) bond motifs is 1. The molecule has 0 bridgehead atoms. The Hall–Kier alpha value is -1.95. The number of rotatable bonds is 1. The molecule has 0 saturated carbocycles. The van der Waals surface area contributed by atoms with E-state index in [1.807, 2.05) is 24.3 Å². The number of anilines is 2. The number of hydrogen-bond acceptors (Lipinski definition) is 5. The van der Waals surface area contributed by atoms with E-state index in [1.165, 1.54) is 5.56 Å². The van der Waals surface area contributed by atoms with Gasteiger partial charge in [0, 0.05) is 12.2 Å². The lowest BCUT2D eigenvalue weighted by Gasteiger charge is -2.15. The second-order valence-electron chi connectivity index (χ2n) is 3.82. The molecule has 0 saturated heterocycles. The van der Waals surface area contributed by atoms with Gasteiger partial charge in [0.15, 0.2) is 10.7 Å². The molecule has 0 radical (unpaired) electrons. The molecule has 3 rings (SSSR count). The van der Waals surface area contributed by atoms with Crippen molar-refractivity contribution in [1.82, 2.24) is 9.59 Å². The van der Waals surface area contributed by atoms with Crippen LogP contribution < -0.4 is 10.6 Å². The highest BCUT2D eigenvalue weighted by atomic mass is 32.1. The van der Waals surface area contributed by atoms with Crippen molar-refractivity contribution in [3.8, 4) is 0 Å². The third kappa shape index (κ3) is 1.57. The number of amides is 1. The number of aromatic nitrogens is 2. The van der Waals surface area contributed by atoms with Crippen molar-refractivity contribution in [3.05, 3.63) is 34.7 Å². The minimum Gasteiger partial charge on any atom is -0.381 e. The minimum absolute atomic E-state index is 0.109. The van der Waals surface area contributed by atoms with Crippen molar-refractivity contribution in [2.45, 2.75) is 6.42 Å². The van der Waals surface area contributed by atoms with Crippen LogP contribution in [0, 0.1) is 0 Å². The van der Waals surface area contributed by atoms with Crippen LogP contribution in [0.5, 0.6) is 0 Å². The first-order valence-corrected chi connectivity index (χ1v) is 6.02. The van der Waals surface area contributed by atoms with Gasteiger partial charge in [-0.25, -0.2) is 0 Å². The summed E-state index contributed by atoms with van der Waals surface area (Å²) in [5, 5.41) is 3.66. The molecule has 0 fully saturated rings. The molecule has 2 heterocycles. The van der Waals surface area contributed by atoms with Crippen LogP contribution in [0.1, 0.15) is 15.2 Å². The highest BCUT2D eigenvalue weighted by Crippen LogP contribution is 2.30. The number of para-hydroxylation sites is 1. The normalized spacial score (nSPS) is 13.8. The molecule has 86 valence electrons. The van der Waals surface area contributed by atoms with Crippen molar-refractivity contribution >= 4 is 28.9 Å². The van der Waals surface area contributed by atoms with Gasteiger partial charge in [-0.15, -0.1) is 5.10 Å². The van der Waals surface area contributed by atoms with Crippen molar-refractivity contribution in [3.63, 3.8) is 0 Å². The van der Waals surface area contributed by atoms with Crippen LogP contribution in [0.3, 0.4) is 0 Å². The Kier molecular flexibility index (Phi) is 2.29. The van der Waals surface area contributed by atoms with Crippen molar-refractivity contribution in [1.29, 1.82) is 0 Å². The zero-order chi connectivity index (χ0) is 11.8. The summed E-state index contributed by atoms with van der Waals surface area (Å²) in [5.74, 6) is 0.104. The Morgan fingerprint density at radius 3 is 3.00 bits per heavy atom. The fraction of sp³-hybridized carbons (Fsp3) is 0.182. The summed E-state index contributed by atoms with van der Waals surface area (Å²) in [4.78, 5) is 14.4. The van der Waals surface area contributed by atoms with E-state index in [0.717, 1.165) is 23.6 Å². The Morgan fingerprint density at radius 1 is 1.41 bits per heavy atom. The maximum absolute atomic E-state index is 12.3. The molecule has 0 atom stereocenters. The molecular weight excluding hydrogens is 236 g/mol. The van der Waals surface area contributed by atoms with Crippen LogP contribution in [-0.4, -0.2) is 22.0 Å². The summed E-state index contributed by atoms with van der Waals surface area (Å²) in [7, 11) is 0. The summed E-state index contributed by atoms with van der Waals surface area (Å²) in [6.45, 7) is 0.690. The molecule has 0 unspecified atom stereocenters. The first-order chi connectivity index (χ1) is 8.27. The van der Waals surface area contributed by atoms with Gasteiger partial charge in [-0.1, -0.05) is 22.7 Å². The molecule has 17 heavy (non-hydrogen) atoms. The lowest BCUT2D eigenvalue weighted by Crippen LogP contribution is -2.28. The lowest BCUT2D eigenvalue weighted by atomic mass is 10.2. The smallest absolute Gasteiger partial charge is 0.273 e. The van der Waals surface area contributed by atoms with Gasteiger partial charge in [-0.2, -0.15) is 0 Å². The molecule has 1 aromatic heterocycles. The molecule has 0 spiro atoms. The maximum atomic E-state index is 12.3. The fourth-order valence-electron chi connectivity index (χ4n) is 2.02. The predicted octanol–water partition coefficient (Wildman–Crippen LogP) is 1.32. The van der Waals surface area contributed by atoms with Crippen molar-refractivity contribution in [2.24, 2.45) is 0 Å². The second kappa shape index (κ2) is 3.81. The van der Waals surface area contributed by atoms with Crippen LogP contribution in [-0.2, 0) is 6.42 Å². The third-order valence-electron chi connectivity index (χ3n) is 2.84. The molecule has 2 aromatic rings. The first kappa shape index (κ1) is 10.2. The molecular formula is C11H10N4OS. The number of nitrogens with two attached hydrogens (primary N) is 1. The van der Waals surface area contributed by atoms with Gasteiger partial charge in [0.25, 0.3) is 5.91 Å². The minimum atomic E-state index is -0.109. The number of hydrogen-bond donors (Lipinski definition) is 1. The van der Waals surface area contributed by atoms with E-state index in [-0.39, 0.29) is 11.7 Å². The van der Waals surface area contributed by atoms with E-state index in [1.54, 1.807) is 4.90 Å². The Balaban J connectivity index is 1.98. The van der Waals surface area contributed by atoms with Gasteiger partial charge >= 0.3 is 0 Å². The monoisotopic (exact) mass is 246 g/mol. The molecule has 0 aliphatic carbocycles. The zero-order valence-electron chi connectivity index (χ0n) is 8.96. The number of nitrogens with zero attached hydrogens (tertiary/aromatic N) is 3. The predicted molar refractivity (Wildman–Crippen MR) is 66.1 cm³/mol. The maximum Gasteiger partial charge on any atom is 0.273 e. The molecule has 5 nitrogen and oxygen atoms in total. The molecule has 6 heteroatoms. The quantitative estimate of drug-likeness (QED) is 0.823. The third-order valence-corrected chi connectivity index (χ3v) is 3.57. The van der Waals surface area contributed by atoms with Crippen LogP contribution in [0.25, 0.3) is 0 Å². The van der Waals surface area contributed by atoms with E-state index >= 15 is 0 Å². The highest BCUT2D eigenvalue weighted by Gasteiger charge is 2.27. The van der Waals surface area contributed by atoms with E-state index < -0.39 is 0 Å². The van der Waals surface area contributed by atoms with Gasteiger partial charge < -0.3 is 10.6 Å². The van der Waals surface area contributed by atoms with Gasteiger partial charge in [0.05, 0.1) is 0 Å². The van der Waals surface area contributed by atoms with E-state index in [2.05, 4.69) is 9.59 Å². The summed E-state index contributed by atoms with van der Waals surface area (Å²) in [6, 6.07) is 7.90. The van der Waals surface area contributed by atoms with Crippen LogP contribution in [0.15, 0.2) is 24.3 Å². The largest absolute Gasteiger partial charge is 0.381 e. The number of nitrogen functional groups attached to an aromatic ring is 1. The number of carbonyl (C=O) groups is 1. The molecule has 1 aliphatic heterocycles. The molecule has 2 N–H and O–H groups in total. The van der Waals surface area contributed by atoms with Crippen molar-refractivity contribution in [2.75, 3.05) is 17.2 Å². The lowest BCUT2D eigenvalue weighted by molar-refractivity contribution is 0.0994. The van der Waals surface area contributed by atoms with Gasteiger partial charge in [-0.05, 0) is 29.6 Å². The van der Waals surface area contributed by atoms with Crippen LogP contribution in [0.4, 0.5) is 11.5 Å². The standard InChI is InChI=1S/C11H10N4OS/c12-10-9(17-14-13-10)11(16)15-6-5-7-3-1-2-4-8(7)15/h1-4H,5-6,12H2. The fourth-order valence-corrected chi connectivity index (χ4v) is 2.55. The van der Waals surface area contributed by atoms with Gasteiger partial charge in [0.2, 0.25) is 0 Å². The average Bonchev–Trinajstić information content (AvgIpc) is 2.94. The molecule has 1 amide bonds. The van der Waals surface area contributed by atoms with Gasteiger partial charge in [-0.3, -0.25) is 4.79 Å². The van der Waals surface area contributed by atoms with E-state index in [0.29, 0.717) is 11.4 Å². The first-order valence-electron chi connectivity index (χ1n) is 5.25. The summed E-state index contributed by atoms with van der Waals surface area (Å²) in [5.41, 5.74) is 7.77. The van der Waals surface area contributed by atoms with Crippen LogP contribution >= 0.6 is 11.5 Å². The molecule has 1 aromatic carbocycles. The Bertz CT molecular complexity index is 580. The SMILES string of the molecule is Nc1nnsc1C(=O)N1CCc2ccccc21. The highest BCUT2D eigenvalue weighted by molar-refractivity contribution is 7.08. The van der Waals surface area contributed by atoms with Crippen molar-refractivity contribution < 1.29 is 4.79 Å². The van der Waals surface area contributed by atoms with E-state index in [4.69, 9.17) is 5.73 Å². The zero-order valence-corrected chi connectivity index (χ0v) is 9.78.